The van der Waals surface area contributed by atoms with Crippen LogP contribution in [0.1, 0.15) is 16.3 Å². The molecule has 2 aromatic heterocycles. The quantitative estimate of drug-likeness (QED) is 0.278. The van der Waals surface area contributed by atoms with E-state index >= 15 is 0 Å². The Hall–Kier alpha value is -3.85. The van der Waals surface area contributed by atoms with E-state index in [9.17, 15) is 14.9 Å². The Morgan fingerprint density at radius 3 is 2.69 bits per heavy atom. The summed E-state index contributed by atoms with van der Waals surface area (Å²) in [6, 6.07) is 18.9. The number of hydrogen-bond donors (Lipinski definition) is 1. The van der Waals surface area contributed by atoms with Gasteiger partial charge in [0.1, 0.15) is 11.3 Å². The number of furan rings is 2. The molecule has 8 nitrogen and oxygen atoms in total. The second-order valence-corrected chi connectivity index (χ2v) is 6.94. The van der Waals surface area contributed by atoms with E-state index in [0.29, 0.717) is 21.8 Å². The van der Waals surface area contributed by atoms with Gasteiger partial charge in [-0.15, -0.1) is 0 Å². The van der Waals surface area contributed by atoms with Gasteiger partial charge in [-0.25, -0.2) is 5.43 Å². The molecule has 2 heterocycles. The number of nitrogens with one attached hydrogen (secondary N) is 1. The highest BCUT2D eigenvalue weighted by molar-refractivity contribution is 7.99. The molecule has 1 N–H and O–H groups in total. The van der Waals surface area contributed by atoms with Crippen LogP contribution in [0.15, 0.2) is 90.7 Å². The molecule has 0 spiro atoms. The van der Waals surface area contributed by atoms with Crippen molar-refractivity contribution in [3.05, 3.63) is 88.4 Å². The average molecular weight is 407 g/mol. The summed E-state index contributed by atoms with van der Waals surface area (Å²) in [5.41, 5.74) is 2.64. The maximum atomic E-state index is 12.2. The van der Waals surface area contributed by atoms with Gasteiger partial charge >= 0.3 is 5.91 Å². The minimum absolute atomic E-state index is 0.00239. The molecule has 4 rings (SSSR count). The molecule has 0 aliphatic carbocycles. The molecule has 0 bridgehead atoms. The van der Waals surface area contributed by atoms with E-state index in [-0.39, 0.29) is 11.4 Å². The van der Waals surface area contributed by atoms with Gasteiger partial charge in [0, 0.05) is 22.4 Å². The van der Waals surface area contributed by atoms with Gasteiger partial charge in [-0.1, -0.05) is 30.0 Å². The van der Waals surface area contributed by atoms with Crippen LogP contribution in [0.3, 0.4) is 0 Å². The Kier molecular flexibility index (Phi) is 5.12. The van der Waals surface area contributed by atoms with E-state index < -0.39 is 10.8 Å². The monoisotopic (exact) mass is 407 g/mol. The molecule has 2 aromatic carbocycles. The van der Waals surface area contributed by atoms with E-state index in [1.165, 1.54) is 42.2 Å². The minimum Gasteiger partial charge on any atom is -0.451 e. The van der Waals surface area contributed by atoms with Gasteiger partial charge in [0.05, 0.1) is 11.1 Å². The molecular weight excluding hydrogens is 394 g/mol. The maximum absolute atomic E-state index is 12.2. The maximum Gasteiger partial charge on any atom is 0.307 e. The topological polar surface area (TPSA) is 111 Å². The Morgan fingerprint density at radius 2 is 1.90 bits per heavy atom. The predicted molar refractivity (Wildman–Crippen MR) is 107 cm³/mol. The highest BCUT2D eigenvalue weighted by atomic mass is 32.2. The molecule has 0 aliphatic heterocycles. The molecule has 0 atom stereocenters. The van der Waals surface area contributed by atoms with Crippen LogP contribution >= 0.6 is 11.8 Å². The number of carbonyl (C=O) groups is 1. The lowest BCUT2D eigenvalue weighted by atomic mass is 10.2. The number of non-ortho nitro benzene ring substituents is 1. The van der Waals surface area contributed by atoms with Crippen molar-refractivity contribution in [3.63, 3.8) is 0 Å². The highest BCUT2D eigenvalue weighted by Gasteiger charge is 2.14. The average Bonchev–Trinajstić information content (AvgIpc) is 3.34. The molecule has 144 valence electrons. The largest absolute Gasteiger partial charge is 0.451 e. The Bertz CT molecular complexity index is 1210. The van der Waals surface area contributed by atoms with E-state index in [1.807, 2.05) is 36.4 Å². The number of rotatable bonds is 6. The number of nitro groups is 1. The zero-order valence-corrected chi connectivity index (χ0v) is 15.6. The molecule has 29 heavy (non-hydrogen) atoms. The van der Waals surface area contributed by atoms with Crippen molar-refractivity contribution in [2.75, 3.05) is 0 Å². The van der Waals surface area contributed by atoms with Crippen molar-refractivity contribution >= 4 is 40.5 Å². The molecule has 0 aliphatic rings. The van der Waals surface area contributed by atoms with Crippen LogP contribution in [-0.4, -0.2) is 17.0 Å². The molecule has 9 heteroatoms. The zero-order valence-electron chi connectivity index (χ0n) is 14.8. The first-order chi connectivity index (χ1) is 14.1. The van der Waals surface area contributed by atoms with Gasteiger partial charge in [0.15, 0.2) is 10.9 Å². The van der Waals surface area contributed by atoms with Crippen molar-refractivity contribution in [1.29, 1.82) is 0 Å². The Balaban J connectivity index is 1.40. The molecule has 0 unspecified atom stereocenters. The van der Waals surface area contributed by atoms with E-state index in [4.69, 9.17) is 8.83 Å². The predicted octanol–water partition coefficient (Wildman–Crippen LogP) is 4.85. The van der Waals surface area contributed by atoms with Crippen molar-refractivity contribution in [2.24, 2.45) is 5.10 Å². The number of nitro benzene ring substituents is 1. The summed E-state index contributed by atoms with van der Waals surface area (Å²) in [5.74, 6) is -0.105. The summed E-state index contributed by atoms with van der Waals surface area (Å²) >= 11 is 1.47. The smallest absolute Gasteiger partial charge is 0.307 e. The minimum atomic E-state index is -0.578. The van der Waals surface area contributed by atoms with Gasteiger partial charge in [-0.3, -0.25) is 14.9 Å². The number of hydrazone groups is 1. The fraction of sp³-hybridized carbons (Fsp3) is 0. The van der Waals surface area contributed by atoms with Crippen LogP contribution in [-0.2, 0) is 0 Å². The Labute approximate surface area is 168 Å². The molecule has 4 aromatic rings. The third-order valence-electron chi connectivity index (χ3n) is 3.86. The van der Waals surface area contributed by atoms with Gasteiger partial charge in [-0.2, -0.15) is 5.10 Å². The van der Waals surface area contributed by atoms with Gasteiger partial charge in [0.2, 0.25) is 0 Å². The number of fused-ring (bicyclic) bond motifs is 1. The van der Waals surface area contributed by atoms with E-state index in [0.717, 1.165) is 4.90 Å². The number of hydrogen-bond acceptors (Lipinski definition) is 7. The van der Waals surface area contributed by atoms with Crippen LogP contribution in [0.4, 0.5) is 5.69 Å². The molecule has 1 amide bonds. The van der Waals surface area contributed by atoms with Crippen LogP contribution < -0.4 is 5.43 Å². The fourth-order valence-electron chi connectivity index (χ4n) is 2.53. The molecule has 0 fully saturated rings. The van der Waals surface area contributed by atoms with Crippen molar-refractivity contribution in [2.45, 2.75) is 9.99 Å². The molecule has 0 saturated heterocycles. The summed E-state index contributed by atoms with van der Waals surface area (Å²) in [6.45, 7) is 0. The third kappa shape index (κ3) is 4.36. The lowest BCUT2D eigenvalue weighted by Gasteiger charge is -1.96. The summed E-state index contributed by atoms with van der Waals surface area (Å²) in [7, 11) is 0. The highest BCUT2D eigenvalue weighted by Crippen LogP contribution is 2.28. The van der Waals surface area contributed by atoms with Crippen molar-refractivity contribution < 1.29 is 18.6 Å². The van der Waals surface area contributed by atoms with Crippen LogP contribution in [0.5, 0.6) is 0 Å². The van der Waals surface area contributed by atoms with Gasteiger partial charge < -0.3 is 8.83 Å². The molecule has 0 saturated carbocycles. The Morgan fingerprint density at radius 1 is 1.07 bits per heavy atom. The molecule has 0 radical (unpaired) electrons. The van der Waals surface area contributed by atoms with Gasteiger partial charge in [-0.05, 0) is 36.4 Å². The first-order valence-electron chi connectivity index (χ1n) is 8.42. The zero-order chi connectivity index (χ0) is 20.2. The summed E-state index contributed by atoms with van der Waals surface area (Å²) < 4.78 is 11.0. The number of amides is 1. The number of benzene rings is 2. The van der Waals surface area contributed by atoms with Crippen molar-refractivity contribution in [1.82, 2.24) is 5.43 Å². The number of nitrogens with zero attached hydrogens (tertiary/aromatic N) is 2. The molecular formula is C20H13N3O5S. The van der Waals surface area contributed by atoms with Crippen LogP contribution in [0, 0.1) is 10.1 Å². The van der Waals surface area contributed by atoms with Crippen LogP contribution in [0.2, 0.25) is 0 Å². The summed E-state index contributed by atoms with van der Waals surface area (Å²) in [6.07, 6.45) is 1.38. The lowest BCUT2D eigenvalue weighted by Crippen LogP contribution is -2.16. The second kappa shape index (κ2) is 8.03. The third-order valence-corrected chi connectivity index (χ3v) is 4.78. The van der Waals surface area contributed by atoms with Crippen LogP contribution in [0.25, 0.3) is 11.0 Å². The summed E-state index contributed by atoms with van der Waals surface area (Å²) in [4.78, 5) is 23.5. The van der Waals surface area contributed by atoms with E-state index in [1.54, 1.807) is 6.07 Å². The SMILES string of the molecule is O=C(N/N=C\c1ccc(Sc2ccccc2)o1)c1cc2cc([N+](=O)[O-])ccc2o1. The first-order valence-corrected chi connectivity index (χ1v) is 9.24. The normalized spacial score (nSPS) is 11.2. The second-order valence-electron chi connectivity index (χ2n) is 5.86. The van der Waals surface area contributed by atoms with E-state index in [2.05, 4.69) is 10.5 Å². The van der Waals surface area contributed by atoms with Crippen molar-refractivity contribution in [3.8, 4) is 0 Å². The van der Waals surface area contributed by atoms with Gasteiger partial charge in [0.25, 0.3) is 5.69 Å². The summed E-state index contributed by atoms with van der Waals surface area (Å²) in [5, 5.41) is 15.8. The standard InChI is InChI=1S/C20H13N3O5S/c24-20(18-11-13-10-14(23(25)26)6-8-17(13)28-18)22-21-12-15-7-9-19(27-15)29-16-4-2-1-3-5-16/h1-12H,(H,22,24)/b21-12-. The fourth-order valence-corrected chi connectivity index (χ4v) is 3.33. The first kappa shape index (κ1) is 18.5. The lowest BCUT2D eigenvalue weighted by molar-refractivity contribution is -0.384. The number of carbonyl (C=O) groups excluding carboxylic acids is 1.